The Hall–Kier alpha value is -2.25. The lowest BCUT2D eigenvalue weighted by Gasteiger charge is -2.20. The Morgan fingerprint density at radius 3 is 2.50 bits per heavy atom. The minimum Gasteiger partial charge on any atom is -0.318 e. The van der Waals surface area contributed by atoms with Gasteiger partial charge in [0.2, 0.25) is 0 Å². The number of carbonyl (C=O) groups excluding carboxylic acids is 2. The lowest BCUT2D eigenvalue weighted by Crippen LogP contribution is -2.29. The molecular weight excluding hydrogens is 324 g/mol. The summed E-state index contributed by atoms with van der Waals surface area (Å²) in [7, 11) is 2.05. The fraction of sp³-hybridized carbons (Fsp3) is 0.353. The van der Waals surface area contributed by atoms with Crippen molar-refractivity contribution in [3.05, 3.63) is 39.9 Å². The van der Waals surface area contributed by atoms with Gasteiger partial charge in [0, 0.05) is 30.1 Å². The van der Waals surface area contributed by atoms with Gasteiger partial charge in [-0.25, -0.2) is 4.98 Å². The number of carbonyl (C=O) groups is 2. The van der Waals surface area contributed by atoms with Crippen molar-refractivity contribution < 1.29 is 9.59 Å². The van der Waals surface area contributed by atoms with Crippen LogP contribution in [0.3, 0.4) is 0 Å². The van der Waals surface area contributed by atoms with Gasteiger partial charge in [-0.3, -0.25) is 14.9 Å². The van der Waals surface area contributed by atoms with E-state index in [1.54, 1.807) is 0 Å². The van der Waals surface area contributed by atoms with Crippen molar-refractivity contribution in [1.82, 2.24) is 9.88 Å². The fourth-order valence-corrected chi connectivity index (χ4v) is 3.85. The molecule has 24 heavy (non-hydrogen) atoms. The topological polar surface area (TPSA) is 74.3 Å². The molecule has 2 amide bonds. The number of nitrogens with one attached hydrogen (secondary N) is 2. The second kappa shape index (κ2) is 6.70. The molecule has 0 unspecified atom stereocenters. The van der Waals surface area contributed by atoms with Crippen molar-refractivity contribution in [3.8, 4) is 0 Å². The average molecular weight is 344 g/mol. The van der Waals surface area contributed by atoms with E-state index in [1.807, 2.05) is 32.0 Å². The lowest BCUT2D eigenvalue weighted by atomic mass is 10.1. The quantitative estimate of drug-likeness (QED) is 0.820. The molecule has 126 valence electrons. The van der Waals surface area contributed by atoms with Crippen LogP contribution in [-0.2, 0) is 22.6 Å². The average Bonchev–Trinajstić information content (AvgIpc) is 2.87. The summed E-state index contributed by atoms with van der Waals surface area (Å²) in [5.74, 6) is -1.39. The molecule has 1 aromatic carbocycles. The van der Waals surface area contributed by atoms with E-state index in [4.69, 9.17) is 0 Å². The molecule has 0 bridgehead atoms. The number of amides is 2. The number of rotatable bonds is 2. The van der Waals surface area contributed by atoms with Crippen molar-refractivity contribution >= 4 is 34.0 Å². The van der Waals surface area contributed by atoms with E-state index in [0.717, 1.165) is 41.2 Å². The Kier molecular flexibility index (Phi) is 4.64. The third-order valence-corrected chi connectivity index (χ3v) is 4.83. The van der Waals surface area contributed by atoms with Crippen LogP contribution in [0.5, 0.6) is 0 Å². The Balaban J connectivity index is 1.65. The van der Waals surface area contributed by atoms with E-state index >= 15 is 0 Å². The van der Waals surface area contributed by atoms with Gasteiger partial charge in [-0.15, -0.1) is 11.3 Å². The van der Waals surface area contributed by atoms with E-state index in [0.29, 0.717) is 10.8 Å². The van der Waals surface area contributed by atoms with Crippen LogP contribution in [0, 0.1) is 13.8 Å². The lowest BCUT2D eigenvalue weighted by molar-refractivity contribution is -0.133. The van der Waals surface area contributed by atoms with Crippen molar-refractivity contribution in [2.45, 2.75) is 26.8 Å². The SMILES string of the molecule is Cc1cc(C)cc(NC(=O)C(=O)Nc2nc3c(s2)CN(C)CC3)c1. The highest BCUT2D eigenvalue weighted by Gasteiger charge is 2.21. The predicted octanol–water partition coefficient (Wildman–Crippen LogP) is 2.33. The zero-order valence-electron chi connectivity index (χ0n) is 14.0. The number of fused-ring (bicyclic) bond motifs is 1. The molecule has 1 aliphatic rings. The molecule has 0 atom stereocenters. The standard InChI is InChI=1S/C17H20N4O2S/c1-10-6-11(2)8-12(7-10)18-15(22)16(23)20-17-19-13-4-5-21(3)9-14(13)24-17/h6-8H,4-5,9H2,1-3H3,(H,18,22)(H,19,20,23). The minimum atomic E-state index is -0.700. The van der Waals surface area contributed by atoms with Gasteiger partial charge in [0.05, 0.1) is 5.69 Å². The molecule has 0 spiro atoms. The normalized spacial score (nSPS) is 14.1. The number of hydrogen-bond acceptors (Lipinski definition) is 5. The van der Waals surface area contributed by atoms with E-state index in [9.17, 15) is 9.59 Å². The Morgan fingerprint density at radius 2 is 1.79 bits per heavy atom. The van der Waals surface area contributed by atoms with Crippen LogP contribution >= 0.6 is 11.3 Å². The number of anilines is 2. The number of likely N-dealkylation sites (N-methyl/N-ethyl adjacent to an activating group) is 1. The van der Waals surface area contributed by atoms with E-state index < -0.39 is 11.8 Å². The first-order valence-electron chi connectivity index (χ1n) is 7.78. The molecule has 0 saturated carbocycles. The maximum Gasteiger partial charge on any atom is 0.315 e. The van der Waals surface area contributed by atoms with E-state index in [1.165, 1.54) is 11.3 Å². The highest BCUT2D eigenvalue weighted by molar-refractivity contribution is 7.16. The Bertz CT molecular complexity index is 780. The summed E-state index contributed by atoms with van der Waals surface area (Å²) in [5, 5.41) is 5.71. The van der Waals surface area contributed by atoms with Gasteiger partial charge in [-0.2, -0.15) is 0 Å². The highest BCUT2D eigenvalue weighted by atomic mass is 32.1. The van der Waals surface area contributed by atoms with Crippen LogP contribution in [0.2, 0.25) is 0 Å². The molecule has 0 radical (unpaired) electrons. The summed E-state index contributed by atoms with van der Waals surface area (Å²) in [6.07, 6.45) is 0.868. The summed E-state index contributed by atoms with van der Waals surface area (Å²) < 4.78 is 0. The van der Waals surface area contributed by atoms with Crippen LogP contribution in [0.15, 0.2) is 18.2 Å². The summed E-state index contributed by atoms with van der Waals surface area (Å²) in [6.45, 7) is 5.68. The maximum absolute atomic E-state index is 12.1. The van der Waals surface area contributed by atoms with Gasteiger partial charge in [0.15, 0.2) is 5.13 Å². The molecule has 0 fully saturated rings. The van der Waals surface area contributed by atoms with Gasteiger partial charge in [-0.1, -0.05) is 6.07 Å². The van der Waals surface area contributed by atoms with Gasteiger partial charge in [0.1, 0.15) is 0 Å². The second-order valence-corrected chi connectivity index (χ2v) is 7.24. The molecule has 2 N–H and O–H groups in total. The Morgan fingerprint density at radius 1 is 1.12 bits per heavy atom. The zero-order valence-corrected chi connectivity index (χ0v) is 14.8. The van der Waals surface area contributed by atoms with Gasteiger partial charge < -0.3 is 10.2 Å². The first kappa shape index (κ1) is 16.6. The summed E-state index contributed by atoms with van der Waals surface area (Å²) >= 11 is 1.43. The summed E-state index contributed by atoms with van der Waals surface area (Å²) in [5.41, 5.74) is 3.70. The summed E-state index contributed by atoms with van der Waals surface area (Å²) in [4.78, 5) is 32.0. The third-order valence-electron chi connectivity index (χ3n) is 3.83. The monoisotopic (exact) mass is 344 g/mol. The predicted molar refractivity (Wildman–Crippen MR) is 95.3 cm³/mol. The number of aryl methyl sites for hydroxylation is 2. The number of benzene rings is 1. The third kappa shape index (κ3) is 3.80. The van der Waals surface area contributed by atoms with Crippen molar-refractivity contribution in [2.24, 2.45) is 0 Å². The maximum atomic E-state index is 12.1. The molecule has 3 rings (SSSR count). The van der Waals surface area contributed by atoms with Crippen LogP contribution in [0.25, 0.3) is 0 Å². The van der Waals surface area contributed by atoms with E-state index in [2.05, 4.69) is 27.6 Å². The molecule has 7 heteroatoms. The molecule has 1 aromatic heterocycles. The summed E-state index contributed by atoms with van der Waals surface area (Å²) in [6, 6.07) is 5.67. The molecule has 0 saturated heterocycles. The minimum absolute atomic E-state index is 0.482. The molecule has 2 aromatic rings. The van der Waals surface area contributed by atoms with Gasteiger partial charge in [-0.05, 0) is 44.2 Å². The number of aromatic nitrogens is 1. The molecule has 1 aliphatic heterocycles. The van der Waals surface area contributed by atoms with E-state index in [-0.39, 0.29) is 0 Å². The fourth-order valence-electron chi connectivity index (χ4n) is 2.77. The van der Waals surface area contributed by atoms with Crippen molar-refractivity contribution in [2.75, 3.05) is 24.2 Å². The molecule has 6 nitrogen and oxygen atoms in total. The van der Waals surface area contributed by atoms with Crippen molar-refractivity contribution in [1.29, 1.82) is 0 Å². The largest absolute Gasteiger partial charge is 0.318 e. The van der Waals surface area contributed by atoms with Gasteiger partial charge >= 0.3 is 11.8 Å². The highest BCUT2D eigenvalue weighted by Crippen LogP contribution is 2.27. The molecule has 0 aliphatic carbocycles. The number of nitrogens with zero attached hydrogens (tertiary/aromatic N) is 2. The smallest absolute Gasteiger partial charge is 0.315 e. The number of hydrogen-bond donors (Lipinski definition) is 2. The van der Waals surface area contributed by atoms with Gasteiger partial charge in [0.25, 0.3) is 0 Å². The second-order valence-electron chi connectivity index (χ2n) is 6.16. The first-order chi connectivity index (χ1) is 11.4. The molecule has 2 heterocycles. The zero-order chi connectivity index (χ0) is 17.3. The van der Waals surface area contributed by atoms with Crippen LogP contribution in [0.1, 0.15) is 21.7 Å². The van der Waals surface area contributed by atoms with Crippen LogP contribution < -0.4 is 10.6 Å². The van der Waals surface area contributed by atoms with Crippen LogP contribution in [0.4, 0.5) is 10.8 Å². The van der Waals surface area contributed by atoms with Crippen molar-refractivity contribution in [3.63, 3.8) is 0 Å². The van der Waals surface area contributed by atoms with Crippen LogP contribution in [-0.4, -0.2) is 35.3 Å². The Labute approximate surface area is 144 Å². The molecular formula is C17H20N4O2S. The number of thiazole rings is 1. The first-order valence-corrected chi connectivity index (χ1v) is 8.60.